The van der Waals surface area contributed by atoms with Gasteiger partial charge in [-0.15, -0.1) is 0 Å². The Morgan fingerprint density at radius 1 is 1.22 bits per heavy atom. The highest BCUT2D eigenvalue weighted by atomic mass is 79.9. The van der Waals surface area contributed by atoms with E-state index in [9.17, 15) is 0 Å². The van der Waals surface area contributed by atoms with Crippen molar-refractivity contribution in [2.24, 2.45) is 0 Å². The van der Waals surface area contributed by atoms with Crippen molar-refractivity contribution < 1.29 is 9.47 Å². The van der Waals surface area contributed by atoms with Crippen molar-refractivity contribution in [1.82, 2.24) is 4.98 Å². The van der Waals surface area contributed by atoms with Gasteiger partial charge in [0.05, 0.1) is 17.3 Å². The summed E-state index contributed by atoms with van der Waals surface area (Å²) in [6.07, 6.45) is 0. The number of nitrogen functional groups attached to an aromatic ring is 1. The molecule has 0 aliphatic rings. The molecule has 0 saturated heterocycles. The molecule has 0 bridgehead atoms. The Balaban J connectivity index is 2.28. The summed E-state index contributed by atoms with van der Waals surface area (Å²) in [7, 11) is 1.52. The number of rotatable bonds is 3. The summed E-state index contributed by atoms with van der Waals surface area (Å²) >= 11 is 3.45. The summed E-state index contributed by atoms with van der Waals surface area (Å²) in [6, 6.07) is 9.22. The lowest BCUT2D eigenvalue weighted by Gasteiger charge is -2.09. The number of pyridine rings is 1. The third-order valence-electron chi connectivity index (χ3n) is 2.36. The summed E-state index contributed by atoms with van der Waals surface area (Å²) in [6.45, 7) is 2.01. The van der Waals surface area contributed by atoms with Crippen LogP contribution in [0, 0.1) is 6.92 Å². The lowest BCUT2D eigenvalue weighted by molar-refractivity contribution is 0.385. The fourth-order valence-corrected chi connectivity index (χ4v) is 2.03. The largest absolute Gasteiger partial charge is 0.479 e. The molecule has 0 spiro atoms. The standard InChI is InChI=1S/C13H13BrN2O2/c1-8-3-5-11(9(14)7-8)18-12-6-4-10(15)13(16-12)17-2/h3-7H,15H2,1-2H3. The third kappa shape index (κ3) is 2.73. The second-order valence-electron chi connectivity index (χ2n) is 3.78. The van der Waals surface area contributed by atoms with Crippen LogP contribution in [-0.4, -0.2) is 12.1 Å². The van der Waals surface area contributed by atoms with Crippen LogP contribution in [-0.2, 0) is 0 Å². The van der Waals surface area contributed by atoms with Crippen molar-refractivity contribution in [1.29, 1.82) is 0 Å². The van der Waals surface area contributed by atoms with E-state index >= 15 is 0 Å². The number of anilines is 1. The Labute approximate surface area is 114 Å². The molecule has 0 atom stereocenters. The number of halogens is 1. The van der Waals surface area contributed by atoms with E-state index in [2.05, 4.69) is 20.9 Å². The number of nitrogens with two attached hydrogens (primary N) is 1. The minimum atomic E-state index is 0.357. The van der Waals surface area contributed by atoms with Gasteiger partial charge in [0.15, 0.2) is 0 Å². The minimum Gasteiger partial charge on any atom is -0.479 e. The van der Waals surface area contributed by atoms with E-state index < -0.39 is 0 Å². The van der Waals surface area contributed by atoms with Crippen LogP contribution < -0.4 is 15.2 Å². The van der Waals surface area contributed by atoms with Crippen LogP contribution in [0.25, 0.3) is 0 Å². The highest BCUT2D eigenvalue weighted by Crippen LogP contribution is 2.31. The number of ether oxygens (including phenoxy) is 2. The maximum atomic E-state index is 5.69. The van der Waals surface area contributed by atoms with E-state index in [1.807, 2.05) is 25.1 Å². The molecule has 5 heteroatoms. The van der Waals surface area contributed by atoms with Crippen molar-refractivity contribution in [2.75, 3.05) is 12.8 Å². The van der Waals surface area contributed by atoms with Crippen molar-refractivity contribution in [2.45, 2.75) is 6.92 Å². The Bertz CT molecular complexity index is 573. The fraction of sp³-hybridized carbons (Fsp3) is 0.154. The van der Waals surface area contributed by atoms with Crippen LogP contribution in [0.1, 0.15) is 5.56 Å². The molecule has 1 heterocycles. The predicted octanol–water partition coefficient (Wildman–Crippen LogP) is 3.54. The number of hydrogen-bond donors (Lipinski definition) is 1. The normalized spacial score (nSPS) is 10.2. The maximum absolute atomic E-state index is 5.69. The Morgan fingerprint density at radius 2 is 2.00 bits per heavy atom. The number of methoxy groups -OCH3 is 1. The smallest absolute Gasteiger partial charge is 0.240 e. The van der Waals surface area contributed by atoms with Gasteiger partial charge in [-0.25, -0.2) is 0 Å². The molecule has 0 aliphatic heterocycles. The Kier molecular flexibility index (Phi) is 3.72. The van der Waals surface area contributed by atoms with Gasteiger partial charge in [-0.1, -0.05) is 6.07 Å². The van der Waals surface area contributed by atoms with Crippen molar-refractivity contribution >= 4 is 21.6 Å². The first-order valence-corrected chi connectivity index (χ1v) is 6.14. The van der Waals surface area contributed by atoms with Gasteiger partial charge >= 0.3 is 0 Å². The molecule has 2 N–H and O–H groups in total. The second-order valence-corrected chi connectivity index (χ2v) is 4.64. The number of hydrogen-bond acceptors (Lipinski definition) is 4. The van der Waals surface area contributed by atoms with Gasteiger partial charge in [0.1, 0.15) is 5.75 Å². The lowest BCUT2D eigenvalue weighted by atomic mass is 10.2. The Morgan fingerprint density at radius 3 is 2.67 bits per heavy atom. The molecule has 2 aromatic rings. The first-order chi connectivity index (χ1) is 8.60. The first-order valence-electron chi connectivity index (χ1n) is 5.34. The van der Waals surface area contributed by atoms with Gasteiger partial charge in [0.25, 0.3) is 0 Å². The van der Waals surface area contributed by atoms with E-state index in [-0.39, 0.29) is 0 Å². The Hall–Kier alpha value is -1.75. The van der Waals surface area contributed by atoms with Gasteiger partial charge in [-0.05, 0) is 46.6 Å². The van der Waals surface area contributed by atoms with Crippen LogP contribution in [0.5, 0.6) is 17.5 Å². The average molecular weight is 309 g/mol. The molecule has 2 rings (SSSR count). The van der Waals surface area contributed by atoms with E-state index in [1.165, 1.54) is 7.11 Å². The molecule has 1 aromatic carbocycles. The highest BCUT2D eigenvalue weighted by Gasteiger charge is 2.07. The first kappa shape index (κ1) is 12.7. The molecule has 0 unspecified atom stereocenters. The lowest BCUT2D eigenvalue weighted by Crippen LogP contribution is -1.97. The third-order valence-corrected chi connectivity index (χ3v) is 2.98. The van der Waals surface area contributed by atoms with Gasteiger partial charge in [-0.3, -0.25) is 0 Å². The van der Waals surface area contributed by atoms with E-state index in [1.54, 1.807) is 12.1 Å². The average Bonchev–Trinajstić information content (AvgIpc) is 2.35. The molecular formula is C13H13BrN2O2. The molecule has 0 aliphatic carbocycles. The zero-order valence-corrected chi connectivity index (χ0v) is 11.7. The van der Waals surface area contributed by atoms with Crippen LogP contribution >= 0.6 is 15.9 Å². The molecule has 0 radical (unpaired) electrons. The molecule has 0 saturated carbocycles. The van der Waals surface area contributed by atoms with E-state index in [4.69, 9.17) is 15.2 Å². The van der Waals surface area contributed by atoms with Crippen LogP contribution in [0.15, 0.2) is 34.8 Å². The SMILES string of the molecule is COc1nc(Oc2ccc(C)cc2Br)ccc1N. The molecule has 4 nitrogen and oxygen atoms in total. The number of aryl methyl sites for hydroxylation is 1. The fourth-order valence-electron chi connectivity index (χ4n) is 1.46. The summed E-state index contributed by atoms with van der Waals surface area (Å²) < 4.78 is 11.6. The van der Waals surface area contributed by atoms with Crippen LogP contribution in [0.4, 0.5) is 5.69 Å². The number of aromatic nitrogens is 1. The molecule has 0 amide bonds. The minimum absolute atomic E-state index is 0.357. The zero-order chi connectivity index (χ0) is 13.1. The summed E-state index contributed by atoms with van der Waals surface area (Å²) in [5, 5.41) is 0. The molecule has 94 valence electrons. The quantitative estimate of drug-likeness (QED) is 0.942. The summed E-state index contributed by atoms with van der Waals surface area (Å²) in [5.74, 6) is 1.49. The molecule has 0 fully saturated rings. The van der Waals surface area contributed by atoms with Crippen LogP contribution in [0.2, 0.25) is 0 Å². The van der Waals surface area contributed by atoms with Gasteiger partial charge < -0.3 is 15.2 Å². The van der Waals surface area contributed by atoms with Crippen molar-refractivity contribution in [3.05, 3.63) is 40.4 Å². The van der Waals surface area contributed by atoms with Gasteiger partial charge in [-0.2, -0.15) is 4.98 Å². The maximum Gasteiger partial charge on any atom is 0.240 e. The molecule has 1 aromatic heterocycles. The van der Waals surface area contributed by atoms with Crippen molar-refractivity contribution in [3.8, 4) is 17.5 Å². The number of benzene rings is 1. The molecule has 18 heavy (non-hydrogen) atoms. The van der Waals surface area contributed by atoms with Gasteiger partial charge in [0.2, 0.25) is 11.8 Å². The van der Waals surface area contributed by atoms with Crippen LogP contribution in [0.3, 0.4) is 0 Å². The number of nitrogens with zero attached hydrogens (tertiary/aromatic N) is 1. The summed E-state index contributed by atoms with van der Waals surface area (Å²) in [4.78, 5) is 4.16. The van der Waals surface area contributed by atoms with Gasteiger partial charge in [0, 0.05) is 6.07 Å². The zero-order valence-electron chi connectivity index (χ0n) is 10.1. The molecular weight excluding hydrogens is 296 g/mol. The van der Waals surface area contributed by atoms with E-state index in [0.717, 1.165) is 10.0 Å². The highest BCUT2D eigenvalue weighted by molar-refractivity contribution is 9.10. The topological polar surface area (TPSA) is 57.4 Å². The van der Waals surface area contributed by atoms with Crippen molar-refractivity contribution in [3.63, 3.8) is 0 Å². The second kappa shape index (κ2) is 5.27. The summed E-state index contributed by atoms with van der Waals surface area (Å²) in [5.41, 5.74) is 7.32. The van der Waals surface area contributed by atoms with E-state index in [0.29, 0.717) is 23.2 Å². The predicted molar refractivity (Wildman–Crippen MR) is 74.2 cm³/mol. The monoisotopic (exact) mass is 308 g/mol.